The molecular weight excluding hydrogens is 334 g/mol. The molecule has 3 aromatic rings. The van der Waals surface area contributed by atoms with E-state index in [1.165, 1.54) is 0 Å². The fourth-order valence-electron chi connectivity index (χ4n) is 2.11. The normalized spacial score (nSPS) is 9.92. The van der Waals surface area contributed by atoms with Gasteiger partial charge in [0.2, 0.25) is 0 Å². The van der Waals surface area contributed by atoms with Crippen LogP contribution < -0.4 is 18.6 Å². The van der Waals surface area contributed by atoms with Crippen LogP contribution in [0.2, 0.25) is 0 Å². The molecule has 130 valence electrons. The lowest BCUT2D eigenvalue weighted by atomic mass is 10.2. The van der Waals surface area contributed by atoms with Crippen LogP contribution in [0.15, 0.2) is 84.9 Å². The van der Waals surface area contributed by atoms with Gasteiger partial charge in [0.05, 0.1) is 0 Å². The van der Waals surface area contributed by atoms with Crippen molar-refractivity contribution in [3.8, 4) is 23.0 Å². The zero-order valence-electron chi connectivity index (χ0n) is 13.8. The minimum Gasteiger partial charge on any atom is -0.501 e. The van der Waals surface area contributed by atoms with E-state index in [0.717, 1.165) is 0 Å². The summed E-state index contributed by atoms with van der Waals surface area (Å²) in [7, 11) is -2.90. The molecule has 3 rings (SSSR count). The number of benzene rings is 3. The standard InChI is InChI=1S/C18H16B2O6/c21-19(23-15-7-3-1-4-8-15)25-17-11-13-18(14-12-17)26-20(22)24-16-9-5-2-6-10-16/h1-14,21-22H. The Bertz CT molecular complexity index is 717. The van der Waals surface area contributed by atoms with Crippen LogP contribution in [0.3, 0.4) is 0 Å². The predicted octanol–water partition coefficient (Wildman–Crippen LogP) is 2.56. The average molecular weight is 350 g/mol. The third kappa shape index (κ3) is 5.47. The Labute approximate surface area is 151 Å². The summed E-state index contributed by atoms with van der Waals surface area (Å²) in [5, 5.41) is 19.6. The zero-order valence-corrected chi connectivity index (χ0v) is 13.8. The SMILES string of the molecule is OB(Oc1ccccc1)Oc1ccc(OB(O)Oc2ccccc2)cc1. The number of hydrogen-bond donors (Lipinski definition) is 2. The Morgan fingerprint density at radius 1 is 0.423 bits per heavy atom. The minimum absolute atomic E-state index is 0.374. The summed E-state index contributed by atoms with van der Waals surface area (Å²) in [6.45, 7) is 0. The average Bonchev–Trinajstić information content (AvgIpc) is 2.65. The topological polar surface area (TPSA) is 77.4 Å². The second kappa shape index (κ2) is 8.84. The molecule has 0 aromatic heterocycles. The first kappa shape index (κ1) is 17.7. The van der Waals surface area contributed by atoms with E-state index in [0.29, 0.717) is 23.0 Å². The lowest BCUT2D eigenvalue weighted by molar-refractivity contribution is 0.293. The molecule has 2 N–H and O–H groups in total. The van der Waals surface area contributed by atoms with Crippen LogP contribution in [0.1, 0.15) is 0 Å². The summed E-state index contributed by atoms with van der Waals surface area (Å²) in [6.07, 6.45) is 0. The molecule has 0 saturated carbocycles. The molecule has 26 heavy (non-hydrogen) atoms. The summed E-state index contributed by atoms with van der Waals surface area (Å²) in [4.78, 5) is 0. The van der Waals surface area contributed by atoms with E-state index in [4.69, 9.17) is 18.6 Å². The quantitative estimate of drug-likeness (QED) is 0.608. The highest BCUT2D eigenvalue weighted by atomic mass is 16.7. The van der Waals surface area contributed by atoms with Gasteiger partial charge in [-0.15, -0.1) is 0 Å². The first-order valence-corrected chi connectivity index (χ1v) is 7.92. The van der Waals surface area contributed by atoms with Gasteiger partial charge in [0.25, 0.3) is 0 Å². The molecule has 0 amide bonds. The Balaban J connectivity index is 1.50. The van der Waals surface area contributed by atoms with Gasteiger partial charge in [-0.25, -0.2) is 0 Å². The highest BCUT2D eigenvalue weighted by Gasteiger charge is 2.23. The minimum atomic E-state index is -1.45. The van der Waals surface area contributed by atoms with Crippen molar-refractivity contribution in [3.05, 3.63) is 84.9 Å². The van der Waals surface area contributed by atoms with Crippen LogP contribution in [0.4, 0.5) is 0 Å². The summed E-state index contributed by atoms with van der Waals surface area (Å²) in [5.74, 6) is 1.72. The molecule has 3 aromatic carbocycles. The maximum Gasteiger partial charge on any atom is 0.785 e. The Morgan fingerprint density at radius 3 is 1.00 bits per heavy atom. The lowest BCUT2D eigenvalue weighted by Gasteiger charge is -2.13. The first-order valence-electron chi connectivity index (χ1n) is 7.92. The van der Waals surface area contributed by atoms with Crippen molar-refractivity contribution in [1.82, 2.24) is 0 Å². The molecule has 0 radical (unpaired) electrons. The van der Waals surface area contributed by atoms with E-state index < -0.39 is 14.6 Å². The fourth-order valence-corrected chi connectivity index (χ4v) is 2.11. The van der Waals surface area contributed by atoms with Crippen molar-refractivity contribution < 1.29 is 28.7 Å². The van der Waals surface area contributed by atoms with E-state index in [-0.39, 0.29) is 0 Å². The monoisotopic (exact) mass is 350 g/mol. The lowest BCUT2D eigenvalue weighted by Crippen LogP contribution is -2.30. The zero-order chi connectivity index (χ0) is 18.2. The summed E-state index contributed by atoms with van der Waals surface area (Å²) >= 11 is 0. The molecule has 0 saturated heterocycles. The maximum atomic E-state index is 9.80. The predicted molar refractivity (Wildman–Crippen MR) is 97.8 cm³/mol. The molecular formula is C18H16B2O6. The van der Waals surface area contributed by atoms with E-state index in [1.807, 2.05) is 12.1 Å². The van der Waals surface area contributed by atoms with Gasteiger partial charge >= 0.3 is 14.6 Å². The number of para-hydroxylation sites is 2. The van der Waals surface area contributed by atoms with Gasteiger partial charge in [-0.1, -0.05) is 36.4 Å². The third-order valence-corrected chi connectivity index (χ3v) is 3.26. The maximum absolute atomic E-state index is 9.80. The summed E-state index contributed by atoms with van der Waals surface area (Å²) in [5.41, 5.74) is 0. The Kier molecular flexibility index (Phi) is 6.03. The van der Waals surface area contributed by atoms with Crippen LogP contribution in [0.5, 0.6) is 23.0 Å². The number of hydrogen-bond acceptors (Lipinski definition) is 6. The first-order chi connectivity index (χ1) is 12.7. The van der Waals surface area contributed by atoms with Crippen LogP contribution in [-0.2, 0) is 0 Å². The molecule has 0 bridgehead atoms. The van der Waals surface area contributed by atoms with Gasteiger partial charge in [0, 0.05) is 0 Å². The van der Waals surface area contributed by atoms with E-state index >= 15 is 0 Å². The number of rotatable bonds is 8. The van der Waals surface area contributed by atoms with Crippen molar-refractivity contribution in [1.29, 1.82) is 0 Å². The summed E-state index contributed by atoms with van der Waals surface area (Å²) in [6, 6.07) is 23.9. The Morgan fingerprint density at radius 2 is 0.692 bits per heavy atom. The van der Waals surface area contributed by atoms with Crippen LogP contribution in [0, 0.1) is 0 Å². The Hall–Kier alpha value is -3.09. The van der Waals surface area contributed by atoms with Crippen molar-refractivity contribution in [2.24, 2.45) is 0 Å². The highest BCUT2D eigenvalue weighted by molar-refractivity contribution is 6.37. The van der Waals surface area contributed by atoms with E-state index in [1.54, 1.807) is 72.8 Å². The van der Waals surface area contributed by atoms with Gasteiger partial charge in [-0.2, -0.15) is 0 Å². The molecule has 0 atom stereocenters. The smallest absolute Gasteiger partial charge is 0.501 e. The second-order valence-electron chi connectivity index (χ2n) is 5.18. The van der Waals surface area contributed by atoms with Gasteiger partial charge in [0.1, 0.15) is 23.0 Å². The molecule has 0 aliphatic rings. The van der Waals surface area contributed by atoms with E-state index in [2.05, 4.69) is 0 Å². The van der Waals surface area contributed by atoms with Crippen LogP contribution in [-0.4, -0.2) is 24.7 Å². The van der Waals surface area contributed by atoms with Crippen molar-refractivity contribution in [2.75, 3.05) is 0 Å². The molecule has 0 unspecified atom stereocenters. The van der Waals surface area contributed by atoms with E-state index in [9.17, 15) is 10.0 Å². The van der Waals surface area contributed by atoms with Crippen molar-refractivity contribution >= 4 is 14.6 Å². The third-order valence-electron chi connectivity index (χ3n) is 3.26. The molecule has 0 fully saturated rings. The van der Waals surface area contributed by atoms with Gasteiger partial charge in [-0.05, 0) is 48.5 Å². The molecule has 0 aliphatic carbocycles. The second-order valence-corrected chi connectivity index (χ2v) is 5.18. The molecule has 8 heteroatoms. The molecule has 0 spiro atoms. The van der Waals surface area contributed by atoms with Gasteiger partial charge < -0.3 is 28.7 Å². The van der Waals surface area contributed by atoms with Crippen molar-refractivity contribution in [3.63, 3.8) is 0 Å². The molecule has 6 nitrogen and oxygen atoms in total. The van der Waals surface area contributed by atoms with Crippen LogP contribution >= 0.6 is 0 Å². The molecule has 0 heterocycles. The van der Waals surface area contributed by atoms with Gasteiger partial charge in [-0.3, -0.25) is 0 Å². The van der Waals surface area contributed by atoms with Crippen LogP contribution in [0.25, 0.3) is 0 Å². The largest absolute Gasteiger partial charge is 0.785 e. The fraction of sp³-hybridized carbons (Fsp3) is 0. The summed E-state index contributed by atoms with van der Waals surface area (Å²) < 4.78 is 21.0. The molecule has 0 aliphatic heterocycles. The van der Waals surface area contributed by atoms with Crippen molar-refractivity contribution in [2.45, 2.75) is 0 Å². The highest BCUT2D eigenvalue weighted by Crippen LogP contribution is 2.20. The van der Waals surface area contributed by atoms with Gasteiger partial charge in [0.15, 0.2) is 0 Å².